The maximum absolute atomic E-state index is 12.7. The molecule has 0 aliphatic heterocycles. The van der Waals surface area contributed by atoms with Crippen LogP contribution in [0.15, 0.2) is 23.1 Å². The van der Waals surface area contributed by atoms with Crippen molar-refractivity contribution in [2.45, 2.75) is 31.8 Å². The summed E-state index contributed by atoms with van der Waals surface area (Å²) in [6, 6.07) is 2.87. The first-order valence-electron chi connectivity index (χ1n) is 5.82. The number of sulfonamides is 1. The molecule has 0 bridgehead atoms. The second kappa shape index (κ2) is 5.50. The van der Waals surface area contributed by atoms with Gasteiger partial charge in [0.2, 0.25) is 10.0 Å². The Morgan fingerprint density at radius 1 is 1.11 bits per heavy atom. The van der Waals surface area contributed by atoms with Gasteiger partial charge < -0.3 is 0 Å². The number of benzene rings is 1. The van der Waals surface area contributed by atoms with Gasteiger partial charge in [0.25, 0.3) is 0 Å². The Labute approximate surface area is 111 Å². The van der Waals surface area contributed by atoms with E-state index in [0.29, 0.717) is 6.07 Å². The molecule has 0 N–H and O–H groups in total. The van der Waals surface area contributed by atoms with Crippen LogP contribution in [0.2, 0.25) is 0 Å². The molecule has 0 aliphatic rings. The zero-order valence-electron chi connectivity index (χ0n) is 11.0. The van der Waals surface area contributed by atoms with Gasteiger partial charge in [-0.2, -0.15) is 17.5 Å². The zero-order valence-corrected chi connectivity index (χ0v) is 11.8. The summed E-state index contributed by atoms with van der Waals surface area (Å²) in [6.07, 6.45) is -4.56. The molecule has 0 unspecified atom stereocenters. The van der Waals surface area contributed by atoms with Crippen molar-refractivity contribution in [1.82, 2.24) is 4.31 Å². The number of nitrogens with zero attached hydrogens (tertiary/aromatic N) is 1. The summed E-state index contributed by atoms with van der Waals surface area (Å²) < 4.78 is 63.6. The molecule has 19 heavy (non-hydrogen) atoms. The lowest BCUT2D eigenvalue weighted by Gasteiger charge is -2.19. The fourth-order valence-electron chi connectivity index (χ4n) is 1.77. The van der Waals surface area contributed by atoms with Gasteiger partial charge in [-0.25, -0.2) is 8.42 Å². The minimum Gasteiger partial charge on any atom is -0.207 e. The standard InChI is InChI=1S/C12H16F3NO2S/c1-4-16(5-2)19(17,18)11-7-9(3)6-10(8-11)12(13,14)15/h6-8H,4-5H2,1-3H3. The molecule has 0 radical (unpaired) electrons. The zero-order chi connectivity index (χ0) is 14.8. The van der Waals surface area contributed by atoms with E-state index in [4.69, 9.17) is 0 Å². The normalized spacial score (nSPS) is 13.0. The summed E-state index contributed by atoms with van der Waals surface area (Å²) in [5.74, 6) is 0. The third-order valence-electron chi connectivity index (χ3n) is 2.72. The topological polar surface area (TPSA) is 37.4 Å². The molecule has 1 rings (SSSR count). The van der Waals surface area contributed by atoms with Crippen LogP contribution in [0, 0.1) is 6.92 Å². The molecule has 0 aliphatic carbocycles. The SMILES string of the molecule is CCN(CC)S(=O)(=O)c1cc(C)cc(C(F)(F)F)c1. The number of hydrogen-bond acceptors (Lipinski definition) is 2. The Hall–Kier alpha value is -1.08. The first-order valence-corrected chi connectivity index (χ1v) is 7.26. The van der Waals surface area contributed by atoms with Crippen molar-refractivity contribution in [1.29, 1.82) is 0 Å². The molecule has 1 aromatic rings. The van der Waals surface area contributed by atoms with Crippen molar-refractivity contribution >= 4 is 10.0 Å². The largest absolute Gasteiger partial charge is 0.416 e. The second-order valence-electron chi connectivity index (χ2n) is 4.12. The van der Waals surface area contributed by atoms with E-state index in [9.17, 15) is 21.6 Å². The van der Waals surface area contributed by atoms with E-state index in [0.717, 1.165) is 10.4 Å². The second-order valence-corrected chi connectivity index (χ2v) is 6.06. The fourth-order valence-corrected chi connectivity index (χ4v) is 3.36. The van der Waals surface area contributed by atoms with Gasteiger partial charge in [0.1, 0.15) is 0 Å². The van der Waals surface area contributed by atoms with E-state index in [1.807, 2.05) is 0 Å². The summed E-state index contributed by atoms with van der Waals surface area (Å²) in [5, 5.41) is 0. The third-order valence-corrected chi connectivity index (χ3v) is 4.75. The maximum Gasteiger partial charge on any atom is 0.416 e. The third kappa shape index (κ3) is 3.48. The minimum atomic E-state index is -4.56. The number of rotatable bonds is 4. The molecule has 3 nitrogen and oxygen atoms in total. The maximum atomic E-state index is 12.7. The first kappa shape index (κ1) is 16.0. The average molecular weight is 295 g/mol. The van der Waals surface area contributed by atoms with Crippen molar-refractivity contribution in [3.8, 4) is 0 Å². The van der Waals surface area contributed by atoms with Crippen molar-refractivity contribution in [3.63, 3.8) is 0 Å². The number of hydrogen-bond donors (Lipinski definition) is 0. The number of halogens is 3. The monoisotopic (exact) mass is 295 g/mol. The fraction of sp³-hybridized carbons (Fsp3) is 0.500. The van der Waals surface area contributed by atoms with E-state index in [2.05, 4.69) is 0 Å². The summed E-state index contributed by atoms with van der Waals surface area (Å²) in [4.78, 5) is -0.316. The molecule has 0 fully saturated rings. The molecular weight excluding hydrogens is 279 g/mol. The van der Waals surface area contributed by atoms with E-state index >= 15 is 0 Å². The van der Waals surface area contributed by atoms with Crippen LogP contribution in [-0.4, -0.2) is 25.8 Å². The Morgan fingerprint density at radius 3 is 2.05 bits per heavy atom. The average Bonchev–Trinajstić information content (AvgIpc) is 2.28. The Balaban J connectivity index is 3.40. The van der Waals surface area contributed by atoms with Crippen LogP contribution in [0.5, 0.6) is 0 Å². The summed E-state index contributed by atoms with van der Waals surface area (Å²) >= 11 is 0. The van der Waals surface area contributed by atoms with Gasteiger partial charge in [0, 0.05) is 13.1 Å². The van der Waals surface area contributed by atoms with Gasteiger partial charge in [0.05, 0.1) is 10.5 Å². The number of alkyl halides is 3. The molecule has 7 heteroatoms. The van der Waals surface area contributed by atoms with E-state index in [-0.39, 0.29) is 23.5 Å². The molecule has 1 aromatic carbocycles. The van der Waals surface area contributed by atoms with Crippen LogP contribution in [-0.2, 0) is 16.2 Å². The van der Waals surface area contributed by atoms with Crippen LogP contribution in [0.4, 0.5) is 13.2 Å². The molecule has 0 spiro atoms. The van der Waals surface area contributed by atoms with Gasteiger partial charge in [-0.05, 0) is 30.7 Å². The summed E-state index contributed by atoms with van der Waals surface area (Å²) in [7, 11) is -3.87. The Morgan fingerprint density at radius 2 is 1.63 bits per heavy atom. The van der Waals surface area contributed by atoms with Crippen LogP contribution < -0.4 is 0 Å². The summed E-state index contributed by atoms with van der Waals surface area (Å²) in [6.45, 7) is 5.15. The van der Waals surface area contributed by atoms with Crippen molar-refractivity contribution in [3.05, 3.63) is 29.3 Å². The highest BCUT2D eigenvalue weighted by Gasteiger charge is 2.33. The van der Waals surface area contributed by atoms with Gasteiger partial charge in [-0.15, -0.1) is 0 Å². The molecule has 0 heterocycles. The van der Waals surface area contributed by atoms with Crippen LogP contribution in [0.1, 0.15) is 25.0 Å². The van der Waals surface area contributed by atoms with E-state index in [1.165, 1.54) is 13.0 Å². The van der Waals surface area contributed by atoms with Gasteiger partial charge in [-0.3, -0.25) is 0 Å². The molecule has 0 saturated heterocycles. The van der Waals surface area contributed by atoms with E-state index < -0.39 is 21.8 Å². The van der Waals surface area contributed by atoms with Crippen LogP contribution in [0.25, 0.3) is 0 Å². The lowest BCUT2D eigenvalue weighted by Crippen LogP contribution is -2.30. The quantitative estimate of drug-likeness (QED) is 0.856. The lowest BCUT2D eigenvalue weighted by molar-refractivity contribution is -0.137. The molecule has 0 amide bonds. The van der Waals surface area contributed by atoms with E-state index in [1.54, 1.807) is 13.8 Å². The summed E-state index contributed by atoms with van der Waals surface area (Å²) in [5.41, 5.74) is -0.682. The molecule has 0 atom stereocenters. The number of aryl methyl sites for hydroxylation is 1. The van der Waals surface area contributed by atoms with Gasteiger partial charge >= 0.3 is 6.18 Å². The van der Waals surface area contributed by atoms with Crippen molar-refractivity contribution in [2.75, 3.05) is 13.1 Å². The lowest BCUT2D eigenvalue weighted by atomic mass is 10.1. The smallest absolute Gasteiger partial charge is 0.207 e. The molecular formula is C12H16F3NO2S. The predicted molar refractivity (Wildman–Crippen MR) is 66.3 cm³/mol. The Kier molecular flexibility index (Phi) is 4.63. The first-order chi connectivity index (χ1) is 8.62. The van der Waals surface area contributed by atoms with Gasteiger partial charge in [0.15, 0.2) is 0 Å². The molecule has 0 aromatic heterocycles. The molecule has 108 valence electrons. The highest BCUT2D eigenvalue weighted by Crippen LogP contribution is 2.32. The minimum absolute atomic E-state index is 0.216. The Bertz CT molecular complexity index is 549. The van der Waals surface area contributed by atoms with Crippen molar-refractivity contribution in [2.24, 2.45) is 0 Å². The highest BCUT2D eigenvalue weighted by atomic mass is 32.2. The van der Waals surface area contributed by atoms with Crippen LogP contribution >= 0.6 is 0 Å². The van der Waals surface area contributed by atoms with Gasteiger partial charge in [-0.1, -0.05) is 13.8 Å². The van der Waals surface area contributed by atoms with Crippen molar-refractivity contribution < 1.29 is 21.6 Å². The molecule has 0 saturated carbocycles. The highest BCUT2D eigenvalue weighted by molar-refractivity contribution is 7.89. The predicted octanol–water partition coefficient (Wildman–Crippen LogP) is 3.04. The van der Waals surface area contributed by atoms with Crippen LogP contribution in [0.3, 0.4) is 0 Å².